The molecule has 1 fully saturated rings. The van der Waals surface area contributed by atoms with Crippen molar-refractivity contribution in [2.24, 2.45) is 0 Å². The van der Waals surface area contributed by atoms with E-state index < -0.39 is 0 Å². The van der Waals surface area contributed by atoms with Gasteiger partial charge in [-0.3, -0.25) is 4.90 Å². The zero-order valence-electron chi connectivity index (χ0n) is 20.8. The van der Waals surface area contributed by atoms with Crippen LogP contribution < -0.4 is 15.5 Å². The molecule has 35 heavy (non-hydrogen) atoms. The lowest BCUT2D eigenvalue weighted by Crippen LogP contribution is -2.35. The van der Waals surface area contributed by atoms with E-state index in [0.717, 1.165) is 43.1 Å². The molecule has 1 aromatic carbocycles. The standard InChI is InChI=1S/C27H33N7O/c1-19(32(3)4)9-10-21-17-22(11-13-29-21)34-16-15-33(14-12-20(34)2)25-18-24(30-31-27(25)28)23-7-5-6-8-26(23)35/h5-8,11,13,17-20,35H,12,14-16H2,1-4H3,(H2,28,31)/t19-,20-/m1/s1. The topological polar surface area (TPSA) is 94.6 Å². The van der Waals surface area contributed by atoms with Crippen LogP contribution in [0.2, 0.25) is 0 Å². The molecule has 0 unspecified atom stereocenters. The first-order chi connectivity index (χ1) is 16.8. The lowest BCUT2D eigenvalue weighted by molar-refractivity contribution is 0.373. The van der Waals surface area contributed by atoms with Crippen molar-refractivity contribution >= 4 is 17.2 Å². The number of phenols is 1. The van der Waals surface area contributed by atoms with Gasteiger partial charge in [0, 0.05) is 43.1 Å². The number of hydrogen-bond donors (Lipinski definition) is 2. The number of aromatic nitrogens is 3. The Balaban J connectivity index is 1.55. The normalized spacial score (nSPS) is 17.0. The second-order valence-electron chi connectivity index (χ2n) is 9.14. The van der Waals surface area contributed by atoms with E-state index in [9.17, 15) is 5.11 Å². The van der Waals surface area contributed by atoms with Gasteiger partial charge in [-0.05, 0) is 70.6 Å². The Kier molecular flexibility index (Phi) is 7.37. The van der Waals surface area contributed by atoms with E-state index in [-0.39, 0.29) is 11.8 Å². The molecule has 3 aromatic rings. The van der Waals surface area contributed by atoms with E-state index in [0.29, 0.717) is 23.1 Å². The summed E-state index contributed by atoms with van der Waals surface area (Å²) in [5, 5.41) is 18.7. The van der Waals surface area contributed by atoms with Crippen LogP contribution >= 0.6 is 0 Å². The summed E-state index contributed by atoms with van der Waals surface area (Å²) in [4.78, 5) is 11.2. The maximum absolute atomic E-state index is 10.3. The van der Waals surface area contributed by atoms with E-state index >= 15 is 0 Å². The third kappa shape index (κ3) is 5.64. The van der Waals surface area contributed by atoms with Gasteiger partial charge in [-0.15, -0.1) is 10.2 Å². The van der Waals surface area contributed by atoms with Gasteiger partial charge >= 0.3 is 0 Å². The van der Waals surface area contributed by atoms with Gasteiger partial charge in [-0.2, -0.15) is 0 Å². The SMILES string of the molecule is C[C@H](C#Cc1cc(N2CCN(c3cc(-c4ccccc4O)nnc3N)CC[C@H]2C)ccn1)N(C)C. The molecule has 4 rings (SSSR count). The van der Waals surface area contributed by atoms with Gasteiger partial charge in [0.2, 0.25) is 0 Å². The summed E-state index contributed by atoms with van der Waals surface area (Å²) in [6.07, 6.45) is 2.78. The van der Waals surface area contributed by atoms with Gasteiger partial charge in [0.1, 0.15) is 11.4 Å². The number of para-hydroxylation sites is 1. The minimum atomic E-state index is 0.160. The molecule has 0 radical (unpaired) electrons. The summed E-state index contributed by atoms with van der Waals surface area (Å²) in [5.41, 5.74) is 10.2. The first-order valence-electron chi connectivity index (χ1n) is 11.9. The highest BCUT2D eigenvalue weighted by Gasteiger charge is 2.24. The van der Waals surface area contributed by atoms with E-state index in [4.69, 9.17) is 5.73 Å². The molecule has 0 bridgehead atoms. The van der Waals surface area contributed by atoms with E-state index in [1.165, 1.54) is 0 Å². The van der Waals surface area contributed by atoms with Crippen molar-refractivity contribution in [3.05, 3.63) is 54.4 Å². The lowest BCUT2D eigenvalue weighted by atomic mass is 10.1. The molecule has 2 atom stereocenters. The van der Waals surface area contributed by atoms with Crippen molar-refractivity contribution in [1.82, 2.24) is 20.1 Å². The van der Waals surface area contributed by atoms with E-state index in [1.807, 2.05) is 44.6 Å². The zero-order chi connectivity index (χ0) is 24.9. The summed E-state index contributed by atoms with van der Waals surface area (Å²) in [6.45, 7) is 6.75. The highest BCUT2D eigenvalue weighted by molar-refractivity contribution is 5.74. The quantitative estimate of drug-likeness (QED) is 0.560. The van der Waals surface area contributed by atoms with Crippen LogP contribution in [0.5, 0.6) is 5.75 Å². The zero-order valence-corrected chi connectivity index (χ0v) is 20.8. The fraction of sp³-hybridized carbons (Fsp3) is 0.370. The van der Waals surface area contributed by atoms with Gasteiger partial charge in [-0.1, -0.05) is 18.1 Å². The Bertz CT molecular complexity index is 1230. The summed E-state index contributed by atoms with van der Waals surface area (Å²) >= 11 is 0. The number of nitrogens with two attached hydrogens (primary N) is 1. The number of hydrogen-bond acceptors (Lipinski definition) is 8. The number of aromatic hydroxyl groups is 1. The van der Waals surface area contributed by atoms with Gasteiger partial charge in [0.25, 0.3) is 0 Å². The van der Waals surface area contributed by atoms with E-state index in [2.05, 4.69) is 61.6 Å². The van der Waals surface area contributed by atoms with Gasteiger partial charge in [-0.25, -0.2) is 4.98 Å². The lowest BCUT2D eigenvalue weighted by Gasteiger charge is -2.29. The minimum absolute atomic E-state index is 0.160. The Morgan fingerprint density at radius 2 is 1.91 bits per heavy atom. The minimum Gasteiger partial charge on any atom is -0.507 e. The number of rotatable bonds is 4. The molecule has 1 aliphatic rings. The van der Waals surface area contributed by atoms with Gasteiger partial charge in [0.05, 0.1) is 17.4 Å². The summed E-state index contributed by atoms with van der Waals surface area (Å²) < 4.78 is 0. The van der Waals surface area contributed by atoms with Crippen molar-refractivity contribution in [1.29, 1.82) is 0 Å². The van der Waals surface area contributed by atoms with Crippen molar-refractivity contribution in [2.75, 3.05) is 49.3 Å². The monoisotopic (exact) mass is 471 g/mol. The number of nitrogen functional groups attached to an aromatic ring is 1. The second kappa shape index (κ2) is 10.6. The van der Waals surface area contributed by atoms with Crippen LogP contribution in [0.25, 0.3) is 11.3 Å². The molecular formula is C27H33N7O. The fourth-order valence-electron chi connectivity index (χ4n) is 4.12. The first kappa shape index (κ1) is 24.3. The third-order valence-corrected chi connectivity index (χ3v) is 6.54. The predicted octanol–water partition coefficient (Wildman–Crippen LogP) is 3.23. The van der Waals surface area contributed by atoms with Crippen LogP contribution in [0.3, 0.4) is 0 Å². The molecule has 1 aliphatic heterocycles. The Labute approximate surface area is 207 Å². The van der Waals surface area contributed by atoms with Crippen LogP contribution in [0.4, 0.5) is 17.2 Å². The number of nitrogens with zero attached hydrogens (tertiary/aromatic N) is 6. The molecule has 1 saturated heterocycles. The number of benzene rings is 1. The molecule has 0 spiro atoms. The average Bonchev–Trinajstić information content (AvgIpc) is 3.05. The van der Waals surface area contributed by atoms with Crippen molar-refractivity contribution in [2.45, 2.75) is 32.4 Å². The highest BCUT2D eigenvalue weighted by atomic mass is 16.3. The molecule has 8 heteroatoms. The molecule has 3 heterocycles. The number of anilines is 3. The van der Waals surface area contributed by atoms with E-state index in [1.54, 1.807) is 12.1 Å². The van der Waals surface area contributed by atoms with Crippen molar-refractivity contribution < 1.29 is 5.11 Å². The Morgan fingerprint density at radius 3 is 2.69 bits per heavy atom. The van der Waals surface area contributed by atoms with Crippen molar-refractivity contribution in [3.8, 4) is 28.8 Å². The summed E-state index contributed by atoms with van der Waals surface area (Å²) in [5.74, 6) is 7.03. The molecular weight excluding hydrogens is 438 g/mol. The first-order valence-corrected chi connectivity index (χ1v) is 11.9. The van der Waals surface area contributed by atoms with Gasteiger partial charge < -0.3 is 20.6 Å². The van der Waals surface area contributed by atoms with Crippen LogP contribution in [0.1, 0.15) is 26.0 Å². The molecule has 2 aromatic heterocycles. The van der Waals surface area contributed by atoms with Gasteiger partial charge in [0.15, 0.2) is 5.82 Å². The van der Waals surface area contributed by atoms with Crippen LogP contribution in [0, 0.1) is 11.8 Å². The summed E-state index contributed by atoms with van der Waals surface area (Å²) in [7, 11) is 4.04. The molecule has 8 nitrogen and oxygen atoms in total. The average molecular weight is 472 g/mol. The Morgan fingerprint density at radius 1 is 1.11 bits per heavy atom. The third-order valence-electron chi connectivity index (χ3n) is 6.54. The smallest absolute Gasteiger partial charge is 0.169 e. The highest BCUT2D eigenvalue weighted by Crippen LogP contribution is 2.32. The summed E-state index contributed by atoms with van der Waals surface area (Å²) in [6, 6.07) is 13.7. The predicted molar refractivity (Wildman–Crippen MR) is 141 cm³/mol. The second-order valence-corrected chi connectivity index (χ2v) is 9.14. The van der Waals surface area contributed by atoms with Crippen LogP contribution in [0.15, 0.2) is 48.7 Å². The van der Waals surface area contributed by atoms with Crippen LogP contribution in [-0.2, 0) is 0 Å². The fourth-order valence-corrected chi connectivity index (χ4v) is 4.12. The Hall–Kier alpha value is -3.83. The molecule has 3 N–H and O–H groups in total. The number of phenolic OH excluding ortho intramolecular Hbond substituents is 1. The van der Waals surface area contributed by atoms with Crippen molar-refractivity contribution in [3.63, 3.8) is 0 Å². The largest absolute Gasteiger partial charge is 0.507 e. The molecule has 182 valence electrons. The maximum Gasteiger partial charge on any atom is 0.169 e. The number of pyridine rings is 1. The van der Waals surface area contributed by atoms with Crippen LogP contribution in [-0.4, -0.2) is 71.0 Å². The molecule has 0 amide bonds. The molecule has 0 saturated carbocycles. The maximum atomic E-state index is 10.3. The molecule has 0 aliphatic carbocycles.